The first-order chi connectivity index (χ1) is 11.8. The van der Waals surface area contributed by atoms with Crippen LogP contribution in [0.2, 0.25) is 0 Å². The summed E-state index contributed by atoms with van der Waals surface area (Å²) in [5, 5.41) is 19.8. The fourth-order valence-electron chi connectivity index (χ4n) is 2.52. The number of aromatic nitrogens is 5. The molecule has 0 fully saturated rings. The van der Waals surface area contributed by atoms with Gasteiger partial charge in [0.1, 0.15) is 6.04 Å². The van der Waals surface area contributed by atoms with E-state index in [0.717, 1.165) is 15.6 Å². The second kappa shape index (κ2) is 6.17. The normalized spacial score (nSPS) is 12.2. The molecule has 24 heavy (non-hydrogen) atoms. The van der Waals surface area contributed by atoms with Crippen molar-refractivity contribution in [3.8, 4) is 0 Å². The van der Waals surface area contributed by atoms with E-state index in [9.17, 15) is 4.79 Å². The van der Waals surface area contributed by atoms with E-state index in [-0.39, 0.29) is 5.91 Å². The number of carbonyl (C=O) groups is 1. The molecule has 1 atom stereocenters. The predicted molar refractivity (Wildman–Crippen MR) is 89.5 cm³/mol. The van der Waals surface area contributed by atoms with E-state index >= 15 is 0 Å². The maximum Gasteiger partial charge on any atom is 0.254 e. The van der Waals surface area contributed by atoms with Crippen molar-refractivity contribution >= 4 is 27.3 Å². The zero-order valence-corrected chi connectivity index (χ0v) is 13.2. The van der Waals surface area contributed by atoms with Crippen LogP contribution >= 0.6 is 11.3 Å². The van der Waals surface area contributed by atoms with Crippen LogP contribution in [0, 0.1) is 0 Å². The van der Waals surface area contributed by atoms with Crippen LogP contribution in [0.4, 0.5) is 0 Å². The number of aromatic amines is 1. The number of nitrogens with one attached hydrogen (secondary N) is 2. The van der Waals surface area contributed by atoms with E-state index < -0.39 is 6.04 Å². The number of benzene rings is 1. The quantitative estimate of drug-likeness (QED) is 0.596. The highest BCUT2D eigenvalue weighted by Crippen LogP contribution is 2.24. The minimum Gasteiger partial charge on any atom is -0.338 e. The van der Waals surface area contributed by atoms with Gasteiger partial charge in [-0.15, -0.1) is 21.5 Å². The lowest BCUT2D eigenvalue weighted by Crippen LogP contribution is -2.30. The van der Waals surface area contributed by atoms with Crippen molar-refractivity contribution in [1.82, 2.24) is 30.9 Å². The van der Waals surface area contributed by atoms with Gasteiger partial charge in [0, 0.05) is 17.8 Å². The third-order valence-corrected chi connectivity index (χ3v) is 4.51. The minimum atomic E-state index is -0.494. The molecule has 2 N–H and O–H groups in total. The molecule has 1 amide bonds. The molecule has 0 aliphatic carbocycles. The van der Waals surface area contributed by atoms with Gasteiger partial charge in [-0.25, -0.2) is 0 Å². The van der Waals surface area contributed by atoms with E-state index in [2.05, 4.69) is 30.9 Å². The molecule has 4 aromatic rings. The molecule has 0 spiro atoms. The van der Waals surface area contributed by atoms with Crippen molar-refractivity contribution in [1.29, 1.82) is 0 Å². The van der Waals surface area contributed by atoms with Gasteiger partial charge in [-0.2, -0.15) is 5.21 Å². The lowest BCUT2D eigenvalue weighted by Gasteiger charge is -2.16. The van der Waals surface area contributed by atoms with Crippen molar-refractivity contribution in [3.05, 3.63) is 71.1 Å². The summed E-state index contributed by atoms with van der Waals surface area (Å²) in [6.07, 6.45) is 3.33. The highest BCUT2D eigenvalue weighted by Gasteiger charge is 2.22. The van der Waals surface area contributed by atoms with E-state index in [0.29, 0.717) is 11.4 Å². The van der Waals surface area contributed by atoms with Gasteiger partial charge < -0.3 is 5.32 Å². The van der Waals surface area contributed by atoms with Gasteiger partial charge in [0.15, 0.2) is 0 Å². The van der Waals surface area contributed by atoms with Crippen LogP contribution in [0.25, 0.3) is 10.1 Å². The number of amides is 1. The molecule has 0 saturated carbocycles. The Morgan fingerprint density at radius 1 is 1.17 bits per heavy atom. The first-order valence-electron chi connectivity index (χ1n) is 7.23. The SMILES string of the molecule is O=C(NC(c1ccccc1)c1nn[nH]n1)c1cncc2sccc12. The van der Waals surface area contributed by atoms with Crippen LogP contribution in [0.5, 0.6) is 0 Å². The second-order valence-electron chi connectivity index (χ2n) is 5.11. The van der Waals surface area contributed by atoms with Gasteiger partial charge >= 0.3 is 0 Å². The lowest BCUT2D eigenvalue weighted by molar-refractivity contribution is 0.0943. The first-order valence-corrected chi connectivity index (χ1v) is 8.11. The molecule has 3 aromatic heterocycles. The van der Waals surface area contributed by atoms with Crippen molar-refractivity contribution in [2.45, 2.75) is 6.04 Å². The molecular weight excluding hydrogens is 324 g/mol. The van der Waals surface area contributed by atoms with Gasteiger partial charge in [0.05, 0.1) is 10.3 Å². The Labute approximate surface area is 140 Å². The monoisotopic (exact) mass is 336 g/mol. The van der Waals surface area contributed by atoms with E-state index in [1.165, 1.54) is 0 Å². The summed E-state index contributed by atoms with van der Waals surface area (Å²) in [5.74, 6) is 0.171. The average Bonchev–Trinajstić information content (AvgIpc) is 3.31. The maximum absolute atomic E-state index is 12.8. The average molecular weight is 336 g/mol. The summed E-state index contributed by atoms with van der Waals surface area (Å²) >= 11 is 1.55. The number of pyridine rings is 1. The molecule has 0 aliphatic heterocycles. The topological polar surface area (TPSA) is 96.5 Å². The molecule has 0 bridgehead atoms. The lowest BCUT2D eigenvalue weighted by atomic mass is 10.1. The number of hydrogen-bond acceptors (Lipinski definition) is 6. The molecule has 1 unspecified atom stereocenters. The largest absolute Gasteiger partial charge is 0.338 e. The van der Waals surface area contributed by atoms with E-state index in [4.69, 9.17) is 0 Å². The minimum absolute atomic E-state index is 0.231. The molecule has 0 radical (unpaired) electrons. The zero-order valence-electron chi connectivity index (χ0n) is 12.4. The smallest absolute Gasteiger partial charge is 0.254 e. The highest BCUT2D eigenvalue weighted by atomic mass is 32.1. The molecule has 3 heterocycles. The third-order valence-electron chi connectivity index (χ3n) is 3.65. The number of carbonyl (C=O) groups excluding carboxylic acids is 1. The maximum atomic E-state index is 12.8. The van der Waals surface area contributed by atoms with Gasteiger partial charge in [-0.1, -0.05) is 35.5 Å². The fourth-order valence-corrected chi connectivity index (χ4v) is 3.29. The molecule has 118 valence electrons. The Kier molecular flexibility index (Phi) is 3.72. The third kappa shape index (κ3) is 2.63. The summed E-state index contributed by atoms with van der Waals surface area (Å²) in [6, 6.07) is 10.9. The Hall–Kier alpha value is -3.13. The standard InChI is InChI=1S/C16H12N6OS/c23-16(12-8-17-9-13-11(12)6-7-24-13)18-14(15-19-21-22-20-15)10-4-2-1-3-5-10/h1-9,14H,(H,18,23)(H,19,20,21,22). The van der Waals surface area contributed by atoms with Crippen LogP contribution in [0.15, 0.2) is 54.2 Å². The molecule has 8 heteroatoms. The highest BCUT2D eigenvalue weighted by molar-refractivity contribution is 7.17. The number of fused-ring (bicyclic) bond motifs is 1. The first kappa shape index (κ1) is 14.5. The number of H-pyrrole nitrogens is 1. The number of tetrazole rings is 1. The molecule has 0 aliphatic rings. The number of hydrogen-bond donors (Lipinski definition) is 2. The van der Waals surface area contributed by atoms with Crippen LogP contribution in [-0.2, 0) is 0 Å². The molecular formula is C16H12N6OS. The number of rotatable bonds is 4. The van der Waals surface area contributed by atoms with Gasteiger partial charge in [0.2, 0.25) is 5.82 Å². The Morgan fingerprint density at radius 3 is 2.83 bits per heavy atom. The van der Waals surface area contributed by atoms with Crippen molar-refractivity contribution in [2.75, 3.05) is 0 Å². The Balaban J connectivity index is 1.70. The molecule has 0 saturated heterocycles. The number of nitrogens with zero attached hydrogens (tertiary/aromatic N) is 4. The summed E-state index contributed by atoms with van der Waals surface area (Å²) in [4.78, 5) is 17.0. The fraction of sp³-hybridized carbons (Fsp3) is 0.0625. The Morgan fingerprint density at radius 2 is 2.04 bits per heavy atom. The van der Waals surface area contributed by atoms with Crippen molar-refractivity contribution in [3.63, 3.8) is 0 Å². The van der Waals surface area contributed by atoms with Gasteiger partial charge in [-0.05, 0) is 17.0 Å². The van der Waals surface area contributed by atoms with Gasteiger partial charge in [-0.3, -0.25) is 9.78 Å². The van der Waals surface area contributed by atoms with E-state index in [1.54, 1.807) is 23.7 Å². The zero-order chi connectivity index (χ0) is 16.4. The van der Waals surface area contributed by atoms with Crippen LogP contribution in [0.3, 0.4) is 0 Å². The summed E-state index contributed by atoms with van der Waals surface area (Å²) in [7, 11) is 0. The molecule has 1 aromatic carbocycles. The van der Waals surface area contributed by atoms with Crippen LogP contribution in [-0.4, -0.2) is 31.5 Å². The summed E-state index contributed by atoms with van der Waals surface area (Å²) < 4.78 is 0.971. The number of thiophene rings is 1. The molecule has 4 rings (SSSR count). The van der Waals surface area contributed by atoms with Crippen LogP contribution in [0.1, 0.15) is 27.8 Å². The van der Waals surface area contributed by atoms with Gasteiger partial charge in [0.25, 0.3) is 5.91 Å². The second-order valence-corrected chi connectivity index (χ2v) is 6.05. The molecule has 7 nitrogen and oxygen atoms in total. The van der Waals surface area contributed by atoms with Crippen molar-refractivity contribution < 1.29 is 4.79 Å². The van der Waals surface area contributed by atoms with Crippen molar-refractivity contribution in [2.24, 2.45) is 0 Å². The summed E-state index contributed by atoms with van der Waals surface area (Å²) in [5.41, 5.74) is 1.40. The summed E-state index contributed by atoms with van der Waals surface area (Å²) in [6.45, 7) is 0. The predicted octanol–water partition coefficient (Wildman–Crippen LogP) is 2.33. The Bertz CT molecular complexity index is 967. The van der Waals surface area contributed by atoms with Crippen LogP contribution < -0.4 is 5.32 Å². The van der Waals surface area contributed by atoms with E-state index in [1.807, 2.05) is 41.8 Å².